The Morgan fingerprint density at radius 3 is 2.55 bits per heavy atom. The number of amides is 1. The van der Waals surface area contributed by atoms with E-state index in [1.807, 2.05) is 0 Å². The van der Waals surface area contributed by atoms with Crippen molar-refractivity contribution in [3.05, 3.63) is 63.9 Å². The number of thiocarbonyl (C=S) groups is 1. The van der Waals surface area contributed by atoms with Crippen LogP contribution >= 0.6 is 28.1 Å². The maximum absolute atomic E-state index is 13.6. The van der Waals surface area contributed by atoms with Crippen molar-refractivity contribution in [1.82, 2.24) is 0 Å². The van der Waals surface area contributed by atoms with Crippen LogP contribution in [-0.4, -0.2) is 10.9 Å². The highest BCUT2D eigenvalue weighted by Gasteiger charge is 2.10. The van der Waals surface area contributed by atoms with Gasteiger partial charge in [0.1, 0.15) is 10.8 Å². The monoisotopic (exact) mass is 352 g/mol. The van der Waals surface area contributed by atoms with E-state index >= 15 is 0 Å². The van der Waals surface area contributed by atoms with Gasteiger partial charge in [-0.25, -0.2) is 4.39 Å². The molecule has 0 saturated heterocycles. The van der Waals surface area contributed by atoms with Gasteiger partial charge in [0.25, 0.3) is 5.91 Å². The number of halogens is 2. The number of hydrogen-bond acceptors (Lipinski definition) is 2. The molecule has 0 heterocycles. The van der Waals surface area contributed by atoms with Gasteiger partial charge in [-0.05, 0) is 30.3 Å². The van der Waals surface area contributed by atoms with Crippen LogP contribution in [0.4, 0.5) is 10.1 Å². The summed E-state index contributed by atoms with van der Waals surface area (Å²) in [5.41, 5.74) is 6.57. The van der Waals surface area contributed by atoms with Gasteiger partial charge in [0.2, 0.25) is 0 Å². The third-order valence-electron chi connectivity index (χ3n) is 2.59. The zero-order valence-electron chi connectivity index (χ0n) is 10.2. The fraction of sp³-hybridized carbons (Fsp3) is 0. The SMILES string of the molecule is NC(=S)c1cccc(C(=O)Nc2ccc(Br)cc2F)c1. The second-order valence-corrected chi connectivity index (χ2v) is 5.38. The van der Waals surface area contributed by atoms with Crippen LogP contribution in [0.25, 0.3) is 0 Å². The molecule has 0 bridgehead atoms. The predicted molar refractivity (Wildman–Crippen MR) is 84.4 cm³/mol. The molecule has 0 saturated carbocycles. The minimum atomic E-state index is -0.516. The van der Waals surface area contributed by atoms with Crippen LogP contribution in [0, 0.1) is 5.82 Å². The number of rotatable bonds is 3. The molecule has 1 amide bonds. The molecule has 2 rings (SSSR count). The van der Waals surface area contributed by atoms with Gasteiger partial charge in [-0.2, -0.15) is 0 Å². The molecule has 0 radical (unpaired) electrons. The van der Waals surface area contributed by atoms with E-state index in [1.165, 1.54) is 12.1 Å². The van der Waals surface area contributed by atoms with Crippen molar-refractivity contribution in [1.29, 1.82) is 0 Å². The molecule has 0 unspecified atom stereocenters. The molecule has 0 spiro atoms. The van der Waals surface area contributed by atoms with Crippen molar-refractivity contribution < 1.29 is 9.18 Å². The van der Waals surface area contributed by atoms with Crippen LogP contribution in [0.1, 0.15) is 15.9 Å². The fourth-order valence-electron chi connectivity index (χ4n) is 1.60. The van der Waals surface area contributed by atoms with Crippen molar-refractivity contribution in [2.45, 2.75) is 0 Å². The van der Waals surface area contributed by atoms with Crippen LogP contribution in [0.2, 0.25) is 0 Å². The van der Waals surface area contributed by atoms with Gasteiger partial charge in [-0.15, -0.1) is 0 Å². The molecule has 3 N–H and O–H groups in total. The van der Waals surface area contributed by atoms with Gasteiger partial charge in [0, 0.05) is 15.6 Å². The number of nitrogens with one attached hydrogen (secondary N) is 1. The topological polar surface area (TPSA) is 55.1 Å². The highest BCUT2D eigenvalue weighted by molar-refractivity contribution is 9.10. The van der Waals surface area contributed by atoms with Gasteiger partial charge < -0.3 is 11.1 Å². The molecule has 0 fully saturated rings. The maximum atomic E-state index is 13.6. The summed E-state index contributed by atoms with van der Waals surface area (Å²) in [7, 11) is 0. The molecule has 0 aliphatic heterocycles. The lowest BCUT2D eigenvalue weighted by Crippen LogP contribution is -2.15. The van der Waals surface area contributed by atoms with Crippen molar-refractivity contribution in [3.8, 4) is 0 Å². The Kier molecular flexibility index (Phi) is 4.46. The molecule has 3 nitrogen and oxygen atoms in total. The number of carbonyl (C=O) groups is 1. The highest BCUT2D eigenvalue weighted by Crippen LogP contribution is 2.20. The fourth-order valence-corrected chi connectivity index (χ4v) is 2.06. The van der Waals surface area contributed by atoms with E-state index in [9.17, 15) is 9.18 Å². The Morgan fingerprint density at radius 2 is 1.90 bits per heavy atom. The summed E-state index contributed by atoms with van der Waals surface area (Å²) in [6, 6.07) is 10.9. The number of hydrogen-bond donors (Lipinski definition) is 2. The third kappa shape index (κ3) is 3.40. The van der Waals surface area contributed by atoms with Gasteiger partial charge in [0.15, 0.2) is 0 Å². The molecule has 0 aliphatic rings. The molecule has 2 aromatic carbocycles. The molecular formula is C14H10BrFN2OS. The number of benzene rings is 2. The standard InChI is InChI=1S/C14H10BrFN2OS/c15-10-4-5-12(11(16)7-10)18-14(19)9-3-1-2-8(6-9)13(17)20/h1-7H,(H2,17,20)(H,18,19). The molecule has 2 aromatic rings. The van der Waals surface area contributed by atoms with Crippen LogP contribution < -0.4 is 11.1 Å². The quantitative estimate of drug-likeness (QED) is 0.831. The molecule has 0 atom stereocenters. The molecule has 102 valence electrons. The average molecular weight is 353 g/mol. The number of carbonyl (C=O) groups excluding carboxylic acids is 1. The van der Waals surface area contributed by atoms with Gasteiger partial charge in [-0.1, -0.05) is 40.3 Å². The van der Waals surface area contributed by atoms with Gasteiger partial charge in [0.05, 0.1) is 5.69 Å². The Labute approximate surface area is 129 Å². The summed E-state index contributed by atoms with van der Waals surface area (Å²) in [6.07, 6.45) is 0. The summed E-state index contributed by atoms with van der Waals surface area (Å²) < 4.78 is 14.2. The molecular weight excluding hydrogens is 343 g/mol. The summed E-state index contributed by atoms with van der Waals surface area (Å²) in [6.45, 7) is 0. The summed E-state index contributed by atoms with van der Waals surface area (Å²) in [5.74, 6) is -0.942. The van der Waals surface area contributed by atoms with E-state index in [2.05, 4.69) is 21.2 Å². The van der Waals surface area contributed by atoms with Crippen molar-refractivity contribution >= 4 is 44.7 Å². The average Bonchev–Trinajstić information content (AvgIpc) is 2.42. The smallest absolute Gasteiger partial charge is 0.255 e. The molecule has 0 aromatic heterocycles. The summed E-state index contributed by atoms with van der Waals surface area (Å²) in [5, 5.41) is 2.50. The summed E-state index contributed by atoms with van der Waals surface area (Å²) in [4.78, 5) is 12.3. The van der Waals surface area contributed by atoms with E-state index in [0.29, 0.717) is 15.6 Å². The largest absolute Gasteiger partial charge is 0.389 e. The van der Waals surface area contributed by atoms with E-state index in [0.717, 1.165) is 0 Å². The van der Waals surface area contributed by atoms with E-state index in [-0.39, 0.29) is 10.7 Å². The predicted octanol–water partition coefficient (Wildman–Crippen LogP) is 3.47. The first-order valence-corrected chi connectivity index (χ1v) is 6.84. The normalized spacial score (nSPS) is 10.1. The first-order chi connectivity index (χ1) is 9.47. The minimum Gasteiger partial charge on any atom is -0.389 e. The molecule has 6 heteroatoms. The van der Waals surface area contributed by atoms with E-state index < -0.39 is 11.7 Å². The Hall–Kier alpha value is -1.79. The third-order valence-corrected chi connectivity index (χ3v) is 3.32. The van der Waals surface area contributed by atoms with E-state index in [4.69, 9.17) is 18.0 Å². The van der Waals surface area contributed by atoms with Crippen molar-refractivity contribution in [2.24, 2.45) is 5.73 Å². The second-order valence-electron chi connectivity index (χ2n) is 4.02. The molecule has 0 aliphatic carbocycles. The highest BCUT2D eigenvalue weighted by atomic mass is 79.9. The Bertz CT molecular complexity index is 691. The minimum absolute atomic E-state index is 0.110. The van der Waals surface area contributed by atoms with Crippen molar-refractivity contribution in [3.63, 3.8) is 0 Å². The van der Waals surface area contributed by atoms with Crippen LogP contribution in [-0.2, 0) is 0 Å². The first-order valence-electron chi connectivity index (χ1n) is 5.63. The lowest BCUT2D eigenvalue weighted by Gasteiger charge is -2.07. The summed E-state index contributed by atoms with van der Waals surface area (Å²) >= 11 is 8.01. The lowest BCUT2D eigenvalue weighted by atomic mass is 10.1. The van der Waals surface area contributed by atoms with Crippen molar-refractivity contribution in [2.75, 3.05) is 5.32 Å². The van der Waals surface area contributed by atoms with E-state index in [1.54, 1.807) is 30.3 Å². The molecule has 20 heavy (non-hydrogen) atoms. The number of anilines is 1. The lowest BCUT2D eigenvalue weighted by molar-refractivity contribution is 0.102. The zero-order chi connectivity index (χ0) is 14.7. The first kappa shape index (κ1) is 14.6. The Balaban J connectivity index is 2.24. The van der Waals surface area contributed by atoms with Crippen LogP contribution in [0.5, 0.6) is 0 Å². The number of nitrogens with two attached hydrogens (primary N) is 1. The zero-order valence-corrected chi connectivity index (χ0v) is 12.6. The second kappa shape index (κ2) is 6.11. The van der Waals surface area contributed by atoms with Crippen LogP contribution in [0.3, 0.4) is 0 Å². The van der Waals surface area contributed by atoms with Gasteiger partial charge >= 0.3 is 0 Å². The maximum Gasteiger partial charge on any atom is 0.255 e. The van der Waals surface area contributed by atoms with Gasteiger partial charge in [-0.3, -0.25) is 4.79 Å². The van der Waals surface area contributed by atoms with Crippen LogP contribution in [0.15, 0.2) is 46.9 Å². The Morgan fingerprint density at radius 1 is 1.20 bits per heavy atom.